The zero-order valence-corrected chi connectivity index (χ0v) is 18.2. The van der Waals surface area contributed by atoms with Gasteiger partial charge in [0, 0.05) is 11.4 Å². The third-order valence-corrected chi connectivity index (χ3v) is 6.69. The van der Waals surface area contributed by atoms with Gasteiger partial charge in [-0.3, -0.25) is 4.98 Å². The molecule has 8 nitrogen and oxygen atoms in total. The van der Waals surface area contributed by atoms with Crippen molar-refractivity contribution in [2.45, 2.75) is 63.2 Å². The van der Waals surface area contributed by atoms with Gasteiger partial charge in [-0.1, -0.05) is 6.92 Å². The zero-order chi connectivity index (χ0) is 21.1. The molecule has 0 aromatic carbocycles. The van der Waals surface area contributed by atoms with E-state index in [0.717, 1.165) is 59.7 Å². The van der Waals surface area contributed by atoms with E-state index in [-0.39, 0.29) is 0 Å². The van der Waals surface area contributed by atoms with Crippen LogP contribution in [0.15, 0.2) is 10.4 Å². The Morgan fingerprint density at radius 1 is 1.43 bits per heavy atom. The minimum Gasteiger partial charge on any atom is -0.383 e. The summed E-state index contributed by atoms with van der Waals surface area (Å²) in [7, 11) is -1.50. The number of anilines is 1. The van der Waals surface area contributed by atoms with Crippen LogP contribution in [-0.4, -0.2) is 25.3 Å². The highest BCUT2D eigenvalue weighted by molar-refractivity contribution is 7.85. The molecule has 1 atom stereocenters. The normalized spacial score (nSPS) is 14.1. The second-order valence-electron chi connectivity index (χ2n) is 7.01. The van der Waals surface area contributed by atoms with Gasteiger partial charge in [0.25, 0.3) is 0 Å². The Morgan fingerprint density at radius 2 is 2.11 bits per heavy atom. The maximum Gasteiger partial charge on any atom is 0.316 e. The predicted octanol–water partition coefficient (Wildman–Crippen LogP) is 2.28. The minimum atomic E-state index is -1.50. The molecular formula is C18H27N5O3S2. The van der Waals surface area contributed by atoms with E-state index in [1.54, 1.807) is 13.8 Å². The number of amides is 2. The van der Waals surface area contributed by atoms with E-state index >= 15 is 0 Å². The molecule has 2 amide bonds. The van der Waals surface area contributed by atoms with Gasteiger partial charge in [0.1, 0.15) is 25.8 Å². The molecule has 0 spiro atoms. The molecule has 2 heterocycles. The van der Waals surface area contributed by atoms with Crippen LogP contribution in [0.3, 0.4) is 0 Å². The van der Waals surface area contributed by atoms with Gasteiger partial charge in [0.05, 0.1) is 11.9 Å². The maximum atomic E-state index is 11.0. The van der Waals surface area contributed by atoms with Crippen molar-refractivity contribution in [1.82, 2.24) is 9.97 Å². The van der Waals surface area contributed by atoms with Gasteiger partial charge >= 0.3 is 6.03 Å². The first kappa shape index (κ1) is 22.4. The molecule has 3 rings (SSSR count). The second-order valence-corrected chi connectivity index (χ2v) is 9.34. The number of carbonyl (C=O) groups excluding carboxylic acids is 1. The summed E-state index contributed by atoms with van der Waals surface area (Å²) >= 11 is 1.16. The van der Waals surface area contributed by atoms with Crippen molar-refractivity contribution in [3.8, 4) is 0 Å². The Balaban J connectivity index is 0.000000209. The highest BCUT2D eigenvalue weighted by Gasteiger charge is 2.22. The summed E-state index contributed by atoms with van der Waals surface area (Å²) in [5, 5.41) is 17.9. The van der Waals surface area contributed by atoms with Crippen LogP contribution < -0.4 is 16.2 Å². The first-order valence-electron chi connectivity index (χ1n) is 8.97. The van der Waals surface area contributed by atoms with Gasteiger partial charge in [0.2, 0.25) is 0 Å². The quantitative estimate of drug-likeness (QED) is 0.594. The SMILES string of the molecule is CC(C)(O)c1ncc(S(N)=O)s1.CCc1c(C)nc2c(c1NC(N)=O)CCC2. The lowest BCUT2D eigenvalue weighted by molar-refractivity contribution is 0.0783. The molecule has 2 aromatic rings. The van der Waals surface area contributed by atoms with Crippen LogP contribution in [0.5, 0.6) is 0 Å². The first-order chi connectivity index (χ1) is 13.0. The van der Waals surface area contributed by atoms with Crippen LogP contribution in [0.1, 0.15) is 54.7 Å². The van der Waals surface area contributed by atoms with Gasteiger partial charge in [-0.05, 0) is 57.6 Å². The van der Waals surface area contributed by atoms with E-state index in [0.29, 0.717) is 9.22 Å². The molecule has 0 aliphatic heterocycles. The number of aliphatic hydroxyl groups is 1. The highest BCUT2D eigenvalue weighted by Crippen LogP contribution is 2.32. The van der Waals surface area contributed by atoms with E-state index in [1.165, 1.54) is 11.8 Å². The topological polar surface area (TPSA) is 144 Å². The van der Waals surface area contributed by atoms with Crippen LogP contribution in [-0.2, 0) is 35.8 Å². The number of fused-ring (bicyclic) bond motifs is 1. The number of hydrogen-bond donors (Lipinski definition) is 4. The van der Waals surface area contributed by atoms with Gasteiger partial charge in [-0.2, -0.15) is 0 Å². The lowest BCUT2D eigenvalue weighted by Gasteiger charge is -2.15. The van der Waals surface area contributed by atoms with Crippen molar-refractivity contribution < 1.29 is 14.1 Å². The summed E-state index contributed by atoms with van der Waals surface area (Å²) in [6.45, 7) is 7.30. The number of carbonyl (C=O) groups is 1. The van der Waals surface area contributed by atoms with Crippen molar-refractivity contribution in [1.29, 1.82) is 0 Å². The molecule has 2 aromatic heterocycles. The number of aromatic nitrogens is 2. The molecule has 6 N–H and O–H groups in total. The Hall–Kier alpha value is -1.88. The largest absolute Gasteiger partial charge is 0.383 e. The smallest absolute Gasteiger partial charge is 0.316 e. The molecule has 1 aliphatic rings. The first-order valence-corrected chi connectivity index (χ1v) is 11.0. The second kappa shape index (κ2) is 9.08. The average molecular weight is 426 g/mol. The third-order valence-electron chi connectivity index (χ3n) is 4.34. The van der Waals surface area contributed by atoms with E-state index in [1.807, 2.05) is 6.92 Å². The number of aryl methyl sites for hydroxylation is 2. The van der Waals surface area contributed by atoms with Crippen molar-refractivity contribution in [3.63, 3.8) is 0 Å². The number of hydrogen-bond acceptors (Lipinski definition) is 6. The molecule has 10 heteroatoms. The van der Waals surface area contributed by atoms with Crippen molar-refractivity contribution in [3.05, 3.63) is 33.7 Å². The lowest BCUT2D eigenvalue weighted by Crippen LogP contribution is -2.22. The van der Waals surface area contributed by atoms with E-state index in [4.69, 9.17) is 10.9 Å². The molecule has 0 saturated heterocycles. The Labute approximate surface area is 171 Å². The minimum absolute atomic E-state index is 0.479. The molecule has 0 fully saturated rings. The number of rotatable bonds is 4. The number of pyridine rings is 1. The standard InChI is InChI=1S/C12H17N3O.C6H10N2O2S2/c1-3-8-7(2)14-10-6-4-5-9(10)11(8)15-12(13)16;1-6(2,9)5-8-3-4(11-5)12(7)10/h3-6H2,1-2H3,(H3,13,14,15,16);3,9H,7H2,1-2H3. The van der Waals surface area contributed by atoms with Crippen LogP contribution in [0, 0.1) is 6.92 Å². The molecule has 28 heavy (non-hydrogen) atoms. The molecular weight excluding hydrogens is 398 g/mol. The summed E-state index contributed by atoms with van der Waals surface area (Å²) < 4.78 is 11.2. The maximum absolute atomic E-state index is 11.0. The van der Waals surface area contributed by atoms with E-state index in [9.17, 15) is 14.1 Å². The van der Waals surface area contributed by atoms with Crippen molar-refractivity contribution in [2.75, 3.05) is 5.32 Å². The van der Waals surface area contributed by atoms with Gasteiger partial charge < -0.3 is 16.2 Å². The predicted molar refractivity (Wildman–Crippen MR) is 112 cm³/mol. The van der Waals surface area contributed by atoms with E-state index in [2.05, 4.69) is 22.2 Å². The molecule has 1 unspecified atom stereocenters. The highest BCUT2D eigenvalue weighted by atomic mass is 32.2. The number of nitrogens with two attached hydrogens (primary N) is 2. The van der Waals surface area contributed by atoms with Gasteiger partial charge in [0.15, 0.2) is 0 Å². The molecule has 0 radical (unpaired) electrons. The fraction of sp³-hybridized carbons (Fsp3) is 0.500. The fourth-order valence-corrected chi connectivity index (χ4v) is 4.47. The summed E-state index contributed by atoms with van der Waals surface area (Å²) in [4.78, 5) is 19.5. The number of urea groups is 1. The Morgan fingerprint density at radius 3 is 2.57 bits per heavy atom. The van der Waals surface area contributed by atoms with Gasteiger partial charge in [-0.25, -0.2) is 19.1 Å². The van der Waals surface area contributed by atoms with Crippen LogP contribution >= 0.6 is 11.3 Å². The number of primary amides is 1. The van der Waals surface area contributed by atoms with Crippen LogP contribution in [0.4, 0.5) is 10.5 Å². The van der Waals surface area contributed by atoms with Crippen molar-refractivity contribution >= 4 is 34.0 Å². The van der Waals surface area contributed by atoms with E-state index < -0.39 is 22.6 Å². The summed E-state index contributed by atoms with van der Waals surface area (Å²) in [5.41, 5.74) is 9.57. The summed E-state index contributed by atoms with van der Waals surface area (Å²) in [5.74, 6) is 0. The third kappa shape index (κ3) is 5.34. The number of nitrogens with zero attached hydrogens (tertiary/aromatic N) is 2. The summed E-state index contributed by atoms with van der Waals surface area (Å²) in [6.07, 6.45) is 5.40. The fourth-order valence-electron chi connectivity index (χ4n) is 3.10. The number of thiazole rings is 1. The monoisotopic (exact) mass is 425 g/mol. The average Bonchev–Trinajstić information content (AvgIpc) is 3.23. The molecule has 154 valence electrons. The van der Waals surface area contributed by atoms with Crippen LogP contribution in [0.25, 0.3) is 0 Å². The zero-order valence-electron chi connectivity index (χ0n) is 16.5. The molecule has 0 bridgehead atoms. The van der Waals surface area contributed by atoms with Crippen LogP contribution in [0.2, 0.25) is 0 Å². The van der Waals surface area contributed by atoms with Gasteiger partial charge in [-0.15, -0.1) is 11.3 Å². The van der Waals surface area contributed by atoms with Crippen molar-refractivity contribution in [2.24, 2.45) is 10.9 Å². The molecule has 0 saturated carbocycles. The lowest BCUT2D eigenvalue weighted by atomic mass is 10.0. The molecule has 1 aliphatic carbocycles. The summed E-state index contributed by atoms with van der Waals surface area (Å²) in [6, 6.07) is -0.491. The Kier molecular flexibility index (Phi) is 7.27. The number of nitrogens with one attached hydrogen (secondary N) is 1. The Bertz CT molecular complexity index is 886.